The zero-order valence-electron chi connectivity index (χ0n) is 32.9. The van der Waals surface area contributed by atoms with Crippen molar-refractivity contribution in [3.63, 3.8) is 0 Å². The molecule has 51 heavy (non-hydrogen) atoms. The first-order valence-electron chi connectivity index (χ1n) is 18.0. The van der Waals surface area contributed by atoms with Gasteiger partial charge in [0.05, 0.1) is 12.2 Å². The number of allylic oxidation sites excluding steroid dienone is 11. The first-order chi connectivity index (χ1) is 24.2. The molecule has 1 rings (SSSR count). The molecule has 0 radical (unpaired) electrons. The molecule has 2 N–H and O–H groups in total. The molecule has 0 aromatic carbocycles. The van der Waals surface area contributed by atoms with Crippen molar-refractivity contribution in [2.45, 2.75) is 106 Å². The van der Waals surface area contributed by atoms with Gasteiger partial charge in [0.25, 0.3) is 0 Å². The van der Waals surface area contributed by atoms with Crippen LogP contribution in [0.5, 0.6) is 0 Å². The van der Waals surface area contributed by atoms with E-state index in [4.69, 9.17) is 14.2 Å². The van der Waals surface area contributed by atoms with Crippen molar-refractivity contribution in [2.75, 3.05) is 20.8 Å². The maximum Gasteiger partial charge on any atom is 0.334 e. The molecule has 2 amide bonds. The predicted molar refractivity (Wildman–Crippen MR) is 210 cm³/mol. The van der Waals surface area contributed by atoms with Gasteiger partial charge in [-0.3, -0.25) is 9.59 Å². The highest BCUT2D eigenvalue weighted by Gasteiger charge is 2.23. The second-order valence-corrected chi connectivity index (χ2v) is 13.8. The van der Waals surface area contributed by atoms with Gasteiger partial charge < -0.3 is 24.8 Å². The molecule has 0 saturated carbocycles. The predicted octanol–water partition coefficient (Wildman–Crippen LogP) is 8.23. The van der Waals surface area contributed by atoms with E-state index < -0.39 is 12.1 Å². The molecule has 0 saturated heterocycles. The Labute approximate surface area is 308 Å². The summed E-state index contributed by atoms with van der Waals surface area (Å²) in [6.07, 6.45) is 28.9. The highest BCUT2D eigenvalue weighted by molar-refractivity contribution is 5.88. The summed E-state index contributed by atoms with van der Waals surface area (Å²) < 4.78 is 17.6. The minimum absolute atomic E-state index is 0.00390. The number of cyclic esters (lactones) is 1. The van der Waals surface area contributed by atoms with Crippen LogP contribution in [0.3, 0.4) is 0 Å². The zero-order chi connectivity index (χ0) is 38.3. The number of amides is 2. The molecule has 0 unspecified atom stereocenters. The monoisotopic (exact) mass is 704 g/mol. The number of methoxy groups -OCH3 is 2. The number of carbonyl (C=O) groups is 3. The van der Waals surface area contributed by atoms with Crippen molar-refractivity contribution in [3.8, 4) is 0 Å². The van der Waals surface area contributed by atoms with E-state index in [2.05, 4.69) is 54.0 Å². The normalized spacial score (nSPS) is 30.1. The molecule has 1 aliphatic rings. The van der Waals surface area contributed by atoms with Crippen molar-refractivity contribution in [1.29, 1.82) is 0 Å². The Morgan fingerprint density at radius 1 is 0.961 bits per heavy atom. The molecule has 0 aromatic rings. The number of hydrogen-bond acceptors (Lipinski definition) is 6. The molecule has 0 spiro atoms. The van der Waals surface area contributed by atoms with Crippen molar-refractivity contribution in [1.82, 2.24) is 10.6 Å². The molecule has 0 bridgehead atoms. The van der Waals surface area contributed by atoms with E-state index in [1.807, 2.05) is 91.0 Å². The van der Waals surface area contributed by atoms with E-state index >= 15 is 0 Å². The summed E-state index contributed by atoms with van der Waals surface area (Å²) in [7, 11) is 3.44. The second-order valence-electron chi connectivity index (χ2n) is 13.8. The maximum atomic E-state index is 13.4. The van der Waals surface area contributed by atoms with Gasteiger partial charge in [0.15, 0.2) is 0 Å². The fourth-order valence-electron chi connectivity index (χ4n) is 5.39. The Balaban J connectivity index is 3.40. The van der Waals surface area contributed by atoms with Crippen LogP contribution in [-0.4, -0.2) is 63.4 Å². The van der Waals surface area contributed by atoms with Crippen LogP contribution >= 0.6 is 0 Å². The Kier molecular flexibility index (Phi) is 22.1. The first-order valence-corrected chi connectivity index (χ1v) is 18.0. The van der Waals surface area contributed by atoms with Gasteiger partial charge in [-0.15, -0.1) is 0 Å². The zero-order valence-corrected chi connectivity index (χ0v) is 32.9. The lowest BCUT2D eigenvalue weighted by Gasteiger charge is -2.23. The van der Waals surface area contributed by atoms with E-state index in [0.717, 1.165) is 36.0 Å². The van der Waals surface area contributed by atoms with Crippen LogP contribution < -0.4 is 10.6 Å². The average molecular weight is 705 g/mol. The molecule has 1 aliphatic heterocycles. The lowest BCUT2D eigenvalue weighted by molar-refractivity contribution is -0.144. The van der Waals surface area contributed by atoms with Gasteiger partial charge >= 0.3 is 5.97 Å². The van der Waals surface area contributed by atoms with Gasteiger partial charge in [-0.2, -0.15) is 0 Å². The number of rotatable bonds is 10. The molecule has 6 atom stereocenters. The van der Waals surface area contributed by atoms with Gasteiger partial charge in [0.1, 0.15) is 12.1 Å². The van der Waals surface area contributed by atoms with E-state index in [0.29, 0.717) is 18.5 Å². The summed E-state index contributed by atoms with van der Waals surface area (Å²) in [5, 5.41) is 5.47. The SMILES string of the molecule is CO[C@@H]1/C=C(C)/C=C/[C@@H](C)/C=C(\C)C(=O)O[C@H](/C(C)=C/C=C(\C)CNC(=O)[C@@H](NC=O)C(C)C)[C@@H](C)/C=C/C=C/[C@@H](OC)CC/C=C(C)\C=C\C1. The van der Waals surface area contributed by atoms with Crippen LogP contribution in [0, 0.1) is 17.8 Å². The van der Waals surface area contributed by atoms with Gasteiger partial charge in [-0.05, 0) is 71.3 Å². The number of ether oxygens (including phenoxy) is 3. The van der Waals surface area contributed by atoms with E-state index in [1.54, 1.807) is 21.1 Å². The van der Waals surface area contributed by atoms with E-state index in [9.17, 15) is 14.4 Å². The van der Waals surface area contributed by atoms with Crippen LogP contribution in [0.25, 0.3) is 0 Å². The first kappa shape index (κ1) is 45.0. The Bertz CT molecular complexity index is 1390. The Morgan fingerprint density at radius 2 is 1.65 bits per heavy atom. The average Bonchev–Trinajstić information content (AvgIpc) is 3.09. The third-order valence-electron chi connectivity index (χ3n) is 8.60. The topological polar surface area (TPSA) is 103 Å². The molecular weight excluding hydrogens is 640 g/mol. The molecule has 8 nitrogen and oxygen atoms in total. The summed E-state index contributed by atoms with van der Waals surface area (Å²) in [5.74, 6) is -0.801. The molecule has 0 aromatic heterocycles. The molecule has 0 aliphatic carbocycles. The van der Waals surface area contributed by atoms with Crippen molar-refractivity contribution < 1.29 is 28.6 Å². The van der Waals surface area contributed by atoms with Gasteiger partial charge in [0, 0.05) is 32.3 Å². The van der Waals surface area contributed by atoms with Gasteiger partial charge in [0.2, 0.25) is 12.3 Å². The minimum atomic E-state index is -0.603. The van der Waals surface area contributed by atoms with Crippen LogP contribution in [0.1, 0.15) is 81.6 Å². The number of hydrogen-bond donors (Lipinski definition) is 2. The third-order valence-corrected chi connectivity index (χ3v) is 8.60. The van der Waals surface area contributed by atoms with Gasteiger partial charge in [-0.25, -0.2) is 4.79 Å². The van der Waals surface area contributed by atoms with Crippen molar-refractivity contribution >= 4 is 18.3 Å². The Morgan fingerprint density at radius 3 is 2.29 bits per heavy atom. The smallest absolute Gasteiger partial charge is 0.334 e. The lowest BCUT2D eigenvalue weighted by Crippen LogP contribution is -2.47. The highest BCUT2D eigenvalue weighted by Crippen LogP contribution is 2.21. The molecular formula is C43H64N2O6. The van der Waals surface area contributed by atoms with Gasteiger partial charge in [-0.1, -0.05) is 123 Å². The summed E-state index contributed by atoms with van der Waals surface area (Å²) in [4.78, 5) is 37.0. The largest absolute Gasteiger partial charge is 0.454 e. The van der Waals surface area contributed by atoms with Crippen LogP contribution in [0.4, 0.5) is 0 Å². The summed E-state index contributed by atoms with van der Waals surface area (Å²) in [6, 6.07) is -0.603. The maximum absolute atomic E-state index is 13.4. The van der Waals surface area contributed by atoms with E-state index in [-0.39, 0.29) is 41.8 Å². The quantitative estimate of drug-likeness (QED) is 0.135. The van der Waals surface area contributed by atoms with Crippen LogP contribution in [-0.2, 0) is 28.6 Å². The highest BCUT2D eigenvalue weighted by atomic mass is 16.5. The number of nitrogens with one attached hydrogen (secondary N) is 2. The van der Waals surface area contributed by atoms with E-state index in [1.165, 1.54) is 5.57 Å². The Hall–Kier alpha value is -4.01. The summed E-state index contributed by atoms with van der Waals surface area (Å²) in [5.41, 5.74) is 4.58. The van der Waals surface area contributed by atoms with Crippen LogP contribution in [0.2, 0.25) is 0 Å². The fourth-order valence-corrected chi connectivity index (χ4v) is 5.39. The molecule has 8 heteroatoms. The number of carbonyl (C=O) groups excluding carboxylic acids is 3. The van der Waals surface area contributed by atoms with Crippen molar-refractivity contribution in [2.24, 2.45) is 17.8 Å². The second kappa shape index (κ2) is 25.0. The fraction of sp³-hybridized carbons (Fsp3) is 0.512. The summed E-state index contributed by atoms with van der Waals surface area (Å²) >= 11 is 0. The van der Waals surface area contributed by atoms with Crippen LogP contribution in [0.15, 0.2) is 107 Å². The molecule has 1 heterocycles. The minimum Gasteiger partial charge on any atom is -0.454 e. The lowest BCUT2D eigenvalue weighted by atomic mass is 9.96. The third kappa shape index (κ3) is 18.7. The molecule has 0 fully saturated rings. The number of esters is 1. The molecule has 282 valence electrons. The standard InChI is InChI=1S/C43H64N2O6/c1-30(2)40(45-29-46)42(47)44-28-34(6)24-25-36(8)41-35(7)18-12-13-19-38(49-10)20-14-16-31(3)17-15-21-39(50-11)27-33(5)23-22-32(4)26-37(9)43(48)51-41/h12-13,15-19,22-27,29-30,32,35,38-41H,14,20-21,28H2,1-11H3,(H,44,47)(H,45,46)/b17-15+,18-12+,19-13+,23-22+,31-16-,33-27+,34-24+,36-25+,37-26+/t32-,35+,38-,39+,40+,41+/m1/s1. The van der Waals surface area contributed by atoms with Crippen molar-refractivity contribution in [3.05, 3.63) is 107 Å². The summed E-state index contributed by atoms with van der Waals surface area (Å²) in [6.45, 7) is 17.9.